The molecule has 0 aromatic heterocycles. The molecule has 26 heavy (non-hydrogen) atoms. The molecule has 136 valence electrons. The number of aryl methyl sites for hydroxylation is 1. The summed E-state index contributed by atoms with van der Waals surface area (Å²) >= 11 is 5.68. The summed E-state index contributed by atoms with van der Waals surface area (Å²) < 4.78 is 4.87. The van der Waals surface area contributed by atoms with Gasteiger partial charge in [-0.3, -0.25) is 14.9 Å². The van der Waals surface area contributed by atoms with Crippen LogP contribution in [-0.4, -0.2) is 30.0 Å². The molecule has 0 saturated carbocycles. The molecule has 2 aromatic rings. The van der Waals surface area contributed by atoms with Gasteiger partial charge in [0.05, 0.1) is 10.5 Å². The predicted octanol–water partition coefficient (Wildman–Crippen LogP) is 3.07. The van der Waals surface area contributed by atoms with Gasteiger partial charge in [0.1, 0.15) is 5.02 Å². The van der Waals surface area contributed by atoms with Crippen LogP contribution in [0.15, 0.2) is 42.5 Å². The molecular formula is C18H17ClN2O5. The smallest absolute Gasteiger partial charge is 0.338 e. The lowest BCUT2D eigenvalue weighted by Crippen LogP contribution is -2.30. The number of nitro benzene ring substituents is 1. The van der Waals surface area contributed by atoms with Crippen molar-refractivity contribution in [2.24, 2.45) is 0 Å². The lowest BCUT2D eigenvalue weighted by atomic mass is 10.1. The molecule has 0 heterocycles. The van der Waals surface area contributed by atoms with Crippen molar-refractivity contribution in [1.82, 2.24) is 5.32 Å². The van der Waals surface area contributed by atoms with Gasteiger partial charge < -0.3 is 10.1 Å². The minimum Gasteiger partial charge on any atom is -0.452 e. The first-order valence-corrected chi connectivity index (χ1v) is 8.18. The molecule has 0 radical (unpaired) electrons. The number of nitrogens with one attached hydrogen (secondary N) is 1. The number of rotatable bonds is 7. The highest BCUT2D eigenvalue weighted by molar-refractivity contribution is 6.32. The van der Waals surface area contributed by atoms with Gasteiger partial charge in [0, 0.05) is 12.6 Å². The Bertz CT molecular complexity index is 838. The van der Waals surface area contributed by atoms with E-state index in [1.54, 1.807) is 0 Å². The molecule has 0 fully saturated rings. The standard InChI is InChI=1S/C18H17ClN2O5/c1-12-4-2-3-5-13(12)8-9-20-17(22)11-26-18(23)14-6-7-15(19)16(10-14)21(24)25/h2-7,10H,8-9,11H2,1H3,(H,20,22). The predicted molar refractivity (Wildman–Crippen MR) is 96.3 cm³/mol. The number of halogens is 1. The van der Waals surface area contributed by atoms with E-state index in [0.29, 0.717) is 13.0 Å². The molecule has 0 aliphatic carbocycles. The molecule has 1 N–H and O–H groups in total. The molecule has 0 bridgehead atoms. The highest BCUT2D eigenvalue weighted by Gasteiger charge is 2.17. The van der Waals surface area contributed by atoms with Crippen LogP contribution in [0.3, 0.4) is 0 Å². The van der Waals surface area contributed by atoms with Gasteiger partial charge in [0.25, 0.3) is 11.6 Å². The highest BCUT2D eigenvalue weighted by atomic mass is 35.5. The normalized spacial score (nSPS) is 10.2. The molecule has 8 heteroatoms. The van der Waals surface area contributed by atoms with Crippen molar-refractivity contribution in [3.63, 3.8) is 0 Å². The van der Waals surface area contributed by atoms with Crippen LogP contribution in [0.2, 0.25) is 5.02 Å². The Hall–Kier alpha value is -2.93. The van der Waals surface area contributed by atoms with Gasteiger partial charge in [-0.2, -0.15) is 0 Å². The third kappa shape index (κ3) is 5.29. The van der Waals surface area contributed by atoms with Crippen LogP contribution < -0.4 is 5.32 Å². The first kappa shape index (κ1) is 19.4. The van der Waals surface area contributed by atoms with Crippen LogP contribution in [0.25, 0.3) is 0 Å². The van der Waals surface area contributed by atoms with Gasteiger partial charge in [0.2, 0.25) is 0 Å². The lowest BCUT2D eigenvalue weighted by molar-refractivity contribution is -0.384. The molecule has 1 amide bonds. The molecular weight excluding hydrogens is 360 g/mol. The van der Waals surface area contributed by atoms with Crippen LogP contribution in [-0.2, 0) is 16.0 Å². The molecule has 0 spiro atoms. The van der Waals surface area contributed by atoms with E-state index in [-0.39, 0.29) is 10.6 Å². The minimum atomic E-state index is -0.834. The highest BCUT2D eigenvalue weighted by Crippen LogP contribution is 2.25. The number of nitrogens with zero attached hydrogens (tertiary/aromatic N) is 1. The molecule has 0 aliphatic rings. The van der Waals surface area contributed by atoms with E-state index < -0.39 is 29.1 Å². The zero-order valence-corrected chi connectivity index (χ0v) is 14.8. The van der Waals surface area contributed by atoms with Crippen molar-refractivity contribution in [3.05, 3.63) is 74.3 Å². The van der Waals surface area contributed by atoms with Crippen LogP contribution in [0.5, 0.6) is 0 Å². The molecule has 7 nitrogen and oxygen atoms in total. The zero-order chi connectivity index (χ0) is 19.1. The number of carbonyl (C=O) groups excluding carboxylic acids is 2. The van der Waals surface area contributed by atoms with E-state index in [9.17, 15) is 19.7 Å². The van der Waals surface area contributed by atoms with Crippen molar-refractivity contribution in [1.29, 1.82) is 0 Å². The van der Waals surface area contributed by atoms with Crippen molar-refractivity contribution in [2.45, 2.75) is 13.3 Å². The Kier molecular flexibility index (Phi) is 6.68. The molecule has 0 atom stereocenters. The van der Waals surface area contributed by atoms with Crippen LogP contribution in [0.1, 0.15) is 21.5 Å². The molecule has 2 rings (SSSR count). The molecule has 0 aliphatic heterocycles. The van der Waals surface area contributed by atoms with Gasteiger partial charge >= 0.3 is 5.97 Å². The maximum atomic E-state index is 11.9. The summed E-state index contributed by atoms with van der Waals surface area (Å²) in [6, 6.07) is 11.4. The van der Waals surface area contributed by atoms with E-state index in [0.717, 1.165) is 17.2 Å². The Morgan fingerprint density at radius 3 is 2.65 bits per heavy atom. The van der Waals surface area contributed by atoms with Crippen LogP contribution in [0, 0.1) is 17.0 Å². The van der Waals surface area contributed by atoms with Gasteiger partial charge in [-0.25, -0.2) is 4.79 Å². The molecule has 2 aromatic carbocycles. The van der Waals surface area contributed by atoms with Crippen molar-refractivity contribution in [3.8, 4) is 0 Å². The second-order valence-corrected chi connectivity index (χ2v) is 5.93. The van der Waals surface area contributed by atoms with Gasteiger partial charge in [0.15, 0.2) is 6.61 Å². The Morgan fingerprint density at radius 1 is 1.23 bits per heavy atom. The number of carbonyl (C=O) groups is 2. The summed E-state index contributed by atoms with van der Waals surface area (Å²) in [5, 5.41) is 13.4. The van der Waals surface area contributed by atoms with Crippen LogP contribution >= 0.6 is 11.6 Å². The first-order chi connectivity index (χ1) is 12.4. The Labute approximate surface area is 155 Å². The first-order valence-electron chi connectivity index (χ1n) is 7.80. The summed E-state index contributed by atoms with van der Waals surface area (Å²) in [6.07, 6.45) is 0.662. The number of hydrogen-bond donors (Lipinski definition) is 1. The summed E-state index contributed by atoms with van der Waals surface area (Å²) in [5.74, 6) is -1.28. The van der Waals surface area contributed by atoms with E-state index >= 15 is 0 Å². The number of ether oxygens (including phenoxy) is 1. The van der Waals surface area contributed by atoms with Crippen LogP contribution in [0.4, 0.5) is 5.69 Å². The zero-order valence-electron chi connectivity index (χ0n) is 14.0. The maximum absolute atomic E-state index is 11.9. The summed E-state index contributed by atoms with van der Waals surface area (Å²) in [5.41, 5.74) is 1.81. The van der Waals surface area contributed by atoms with Gasteiger partial charge in [-0.1, -0.05) is 35.9 Å². The SMILES string of the molecule is Cc1ccccc1CCNC(=O)COC(=O)c1ccc(Cl)c([N+](=O)[O-])c1. The lowest BCUT2D eigenvalue weighted by Gasteiger charge is -2.08. The second kappa shape index (κ2) is 8.96. The number of esters is 1. The van der Waals surface area contributed by atoms with Crippen molar-refractivity contribution >= 4 is 29.2 Å². The summed E-state index contributed by atoms with van der Waals surface area (Å²) in [6.45, 7) is 1.93. The Balaban J connectivity index is 1.82. The van der Waals surface area contributed by atoms with Gasteiger partial charge in [-0.15, -0.1) is 0 Å². The largest absolute Gasteiger partial charge is 0.452 e. The third-order valence-corrected chi connectivity index (χ3v) is 4.01. The second-order valence-electron chi connectivity index (χ2n) is 5.53. The average molecular weight is 377 g/mol. The monoisotopic (exact) mass is 376 g/mol. The molecule has 0 saturated heterocycles. The summed E-state index contributed by atoms with van der Waals surface area (Å²) in [7, 11) is 0. The quantitative estimate of drug-likeness (QED) is 0.455. The summed E-state index contributed by atoms with van der Waals surface area (Å²) in [4.78, 5) is 33.8. The fraction of sp³-hybridized carbons (Fsp3) is 0.222. The number of benzene rings is 2. The topological polar surface area (TPSA) is 98.5 Å². The number of amides is 1. The number of hydrogen-bond acceptors (Lipinski definition) is 5. The van der Waals surface area contributed by atoms with E-state index in [1.165, 1.54) is 12.1 Å². The fourth-order valence-corrected chi connectivity index (χ4v) is 2.46. The van der Waals surface area contributed by atoms with E-state index in [2.05, 4.69) is 5.32 Å². The maximum Gasteiger partial charge on any atom is 0.338 e. The minimum absolute atomic E-state index is 0.0474. The van der Waals surface area contributed by atoms with Gasteiger partial charge in [-0.05, 0) is 36.6 Å². The third-order valence-electron chi connectivity index (χ3n) is 3.69. The van der Waals surface area contributed by atoms with Crippen molar-refractivity contribution in [2.75, 3.05) is 13.2 Å². The van der Waals surface area contributed by atoms with Crippen molar-refractivity contribution < 1.29 is 19.2 Å². The molecule has 0 unspecified atom stereocenters. The van der Waals surface area contributed by atoms with E-state index in [1.807, 2.05) is 31.2 Å². The average Bonchev–Trinajstić information content (AvgIpc) is 2.61. The fourth-order valence-electron chi connectivity index (χ4n) is 2.27. The Morgan fingerprint density at radius 2 is 1.96 bits per heavy atom. The number of nitro groups is 1. The van der Waals surface area contributed by atoms with E-state index in [4.69, 9.17) is 16.3 Å².